The molecule has 2 heteroatoms. The molecule has 0 atom stereocenters. The highest BCUT2D eigenvalue weighted by atomic mass is 16.5. The molecule has 228 valence electrons. The van der Waals surface area contributed by atoms with Crippen LogP contribution >= 0.6 is 0 Å². The molecule has 1 N–H and O–H groups in total. The number of rotatable bonds is 3. The number of benzene rings is 7. The van der Waals surface area contributed by atoms with Gasteiger partial charge < -0.3 is 10.1 Å². The molecular weight excluding hydrogens is 583 g/mol. The Morgan fingerprint density at radius 2 is 1.08 bits per heavy atom. The summed E-state index contributed by atoms with van der Waals surface area (Å²) in [5, 5.41) is 3.90. The van der Waals surface area contributed by atoms with Crippen molar-refractivity contribution in [1.29, 1.82) is 0 Å². The molecule has 0 bridgehead atoms. The Labute approximate surface area is 281 Å². The third-order valence-electron chi connectivity index (χ3n) is 10.9. The number of para-hydroxylation sites is 1. The maximum atomic E-state index is 6.67. The number of fused-ring (bicyclic) bond motifs is 12. The van der Waals surface area contributed by atoms with Crippen molar-refractivity contribution in [3.05, 3.63) is 191 Å². The summed E-state index contributed by atoms with van der Waals surface area (Å²) in [6.07, 6.45) is 0. The Morgan fingerprint density at radius 1 is 0.438 bits per heavy atom. The minimum absolute atomic E-state index is 0.123. The monoisotopic (exact) mass is 615 g/mol. The molecule has 3 aliphatic rings. The molecule has 48 heavy (non-hydrogen) atoms. The summed E-state index contributed by atoms with van der Waals surface area (Å²) in [7, 11) is 0. The van der Waals surface area contributed by atoms with Gasteiger partial charge in [0.25, 0.3) is 0 Å². The van der Waals surface area contributed by atoms with E-state index in [9.17, 15) is 0 Å². The largest absolute Gasteiger partial charge is 0.457 e. The highest BCUT2D eigenvalue weighted by molar-refractivity contribution is 5.93. The lowest BCUT2D eigenvalue weighted by molar-refractivity contribution is 0.436. The second-order valence-corrected chi connectivity index (χ2v) is 13.8. The van der Waals surface area contributed by atoms with Gasteiger partial charge in [-0.2, -0.15) is 0 Å². The molecule has 0 saturated heterocycles. The van der Waals surface area contributed by atoms with Crippen LogP contribution in [0.1, 0.15) is 47.2 Å². The van der Waals surface area contributed by atoms with Gasteiger partial charge in [0.15, 0.2) is 0 Å². The molecule has 1 aliphatic heterocycles. The zero-order valence-electron chi connectivity index (χ0n) is 26.9. The third kappa shape index (κ3) is 3.58. The summed E-state index contributed by atoms with van der Waals surface area (Å²) in [5.41, 5.74) is 16.8. The second-order valence-electron chi connectivity index (χ2n) is 13.8. The number of hydrogen-bond acceptors (Lipinski definition) is 2. The third-order valence-corrected chi connectivity index (χ3v) is 10.9. The van der Waals surface area contributed by atoms with Crippen molar-refractivity contribution in [3.8, 4) is 44.9 Å². The predicted molar refractivity (Wildman–Crippen MR) is 197 cm³/mol. The van der Waals surface area contributed by atoms with Crippen LogP contribution in [0, 0.1) is 0 Å². The number of hydrogen-bond donors (Lipinski definition) is 1. The number of ether oxygens (including phenoxy) is 1. The van der Waals surface area contributed by atoms with Gasteiger partial charge in [0, 0.05) is 33.5 Å². The van der Waals surface area contributed by atoms with E-state index in [1.54, 1.807) is 0 Å². The fourth-order valence-electron chi connectivity index (χ4n) is 8.79. The maximum Gasteiger partial charge on any atom is 0.132 e. The summed E-state index contributed by atoms with van der Waals surface area (Å²) in [4.78, 5) is 0. The molecule has 7 aromatic rings. The van der Waals surface area contributed by atoms with E-state index in [4.69, 9.17) is 4.74 Å². The predicted octanol–water partition coefficient (Wildman–Crippen LogP) is 11.9. The first-order valence-electron chi connectivity index (χ1n) is 16.8. The molecule has 1 spiro atoms. The average Bonchev–Trinajstić information content (AvgIpc) is 3.55. The Morgan fingerprint density at radius 3 is 1.85 bits per heavy atom. The lowest BCUT2D eigenvalue weighted by atomic mass is 9.66. The molecule has 0 saturated carbocycles. The normalized spacial score (nSPS) is 15.0. The zero-order chi connectivity index (χ0) is 32.0. The van der Waals surface area contributed by atoms with Crippen molar-refractivity contribution >= 4 is 11.4 Å². The maximum absolute atomic E-state index is 6.67. The molecule has 2 nitrogen and oxygen atoms in total. The molecule has 0 fully saturated rings. The SMILES string of the molecule is CC1(C)c2cc(-c3ccccc3)ccc2-c2c(Nc3ccc4c(c3)C3(c5ccccc5O4)c4ccccc4-c4ccccc43)cccc21. The van der Waals surface area contributed by atoms with Crippen LogP contribution in [-0.4, -0.2) is 0 Å². The van der Waals surface area contributed by atoms with Gasteiger partial charge in [0.05, 0.1) is 5.41 Å². The van der Waals surface area contributed by atoms with E-state index < -0.39 is 5.41 Å². The van der Waals surface area contributed by atoms with Gasteiger partial charge in [0.2, 0.25) is 0 Å². The van der Waals surface area contributed by atoms with Crippen LogP contribution in [0.4, 0.5) is 11.4 Å². The summed E-state index contributed by atoms with van der Waals surface area (Å²) in [6.45, 7) is 4.70. The van der Waals surface area contributed by atoms with Crippen LogP contribution in [0.3, 0.4) is 0 Å². The van der Waals surface area contributed by atoms with Gasteiger partial charge in [-0.3, -0.25) is 0 Å². The lowest BCUT2D eigenvalue weighted by Gasteiger charge is -2.39. The molecule has 0 aromatic heterocycles. The van der Waals surface area contributed by atoms with Crippen molar-refractivity contribution in [2.75, 3.05) is 5.32 Å². The molecule has 2 aliphatic carbocycles. The number of nitrogens with one attached hydrogen (secondary N) is 1. The molecular formula is C46H33NO. The van der Waals surface area contributed by atoms with Crippen LogP contribution < -0.4 is 10.1 Å². The topological polar surface area (TPSA) is 21.3 Å². The Bertz CT molecular complexity index is 2390. The van der Waals surface area contributed by atoms with Crippen molar-refractivity contribution in [1.82, 2.24) is 0 Å². The fraction of sp³-hybridized carbons (Fsp3) is 0.0870. The first kappa shape index (κ1) is 27.3. The van der Waals surface area contributed by atoms with Crippen LogP contribution in [0.15, 0.2) is 158 Å². The fourth-order valence-corrected chi connectivity index (χ4v) is 8.79. The van der Waals surface area contributed by atoms with Crippen LogP contribution in [-0.2, 0) is 10.8 Å². The van der Waals surface area contributed by atoms with E-state index in [0.29, 0.717) is 0 Å². The Balaban J connectivity index is 1.14. The highest BCUT2D eigenvalue weighted by Gasteiger charge is 2.51. The van der Waals surface area contributed by atoms with E-state index in [-0.39, 0.29) is 5.41 Å². The number of anilines is 2. The first-order valence-corrected chi connectivity index (χ1v) is 16.8. The van der Waals surface area contributed by atoms with E-state index in [0.717, 1.165) is 28.4 Å². The highest BCUT2D eigenvalue weighted by Crippen LogP contribution is 2.62. The summed E-state index contributed by atoms with van der Waals surface area (Å²) >= 11 is 0. The van der Waals surface area contributed by atoms with Gasteiger partial charge >= 0.3 is 0 Å². The minimum Gasteiger partial charge on any atom is -0.457 e. The quantitative estimate of drug-likeness (QED) is 0.213. The zero-order valence-corrected chi connectivity index (χ0v) is 26.9. The van der Waals surface area contributed by atoms with Gasteiger partial charge in [-0.1, -0.05) is 135 Å². The van der Waals surface area contributed by atoms with Gasteiger partial charge in [0.1, 0.15) is 11.5 Å². The van der Waals surface area contributed by atoms with Gasteiger partial charge in [-0.05, 0) is 86.5 Å². The molecule has 0 radical (unpaired) electrons. The van der Waals surface area contributed by atoms with E-state index in [1.165, 1.54) is 61.2 Å². The van der Waals surface area contributed by atoms with Crippen molar-refractivity contribution in [3.63, 3.8) is 0 Å². The second kappa shape index (κ2) is 9.82. The van der Waals surface area contributed by atoms with E-state index >= 15 is 0 Å². The minimum atomic E-state index is -0.490. The summed E-state index contributed by atoms with van der Waals surface area (Å²) < 4.78 is 6.67. The van der Waals surface area contributed by atoms with Crippen LogP contribution in [0.5, 0.6) is 11.5 Å². The molecule has 7 aromatic carbocycles. The van der Waals surface area contributed by atoms with Gasteiger partial charge in [-0.25, -0.2) is 0 Å². The van der Waals surface area contributed by atoms with Crippen molar-refractivity contribution < 1.29 is 4.74 Å². The molecule has 0 amide bonds. The Hall–Kier alpha value is -5.86. The van der Waals surface area contributed by atoms with Crippen LogP contribution in [0.25, 0.3) is 33.4 Å². The Kier molecular flexibility index (Phi) is 5.58. The molecule has 10 rings (SSSR count). The van der Waals surface area contributed by atoms with E-state index in [1.807, 2.05) is 0 Å². The average molecular weight is 616 g/mol. The lowest BCUT2D eigenvalue weighted by Crippen LogP contribution is -2.32. The smallest absolute Gasteiger partial charge is 0.132 e. The molecule has 0 unspecified atom stereocenters. The van der Waals surface area contributed by atoms with Gasteiger partial charge in [-0.15, -0.1) is 0 Å². The van der Waals surface area contributed by atoms with Crippen LogP contribution in [0.2, 0.25) is 0 Å². The van der Waals surface area contributed by atoms with Crippen molar-refractivity contribution in [2.24, 2.45) is 0 Å². The van der Waals surface area contributed by atoms with Crippen molar-refractivity contribution in [2.45, 2.75) is 24.7 Å². The van der Waals surface area contributed by atoms with E-state index in [2.05, 4.69) is 177 Å². The summed E-state index contributed by atoms with van der Waals surface area (Å²) in [6, 6.07) is 57.3. The molecule has 1 heterocycles. The first-order chi connectivity index (χ1) is 23.5. The summed E-state index contributed by atoms with van der Waals surface area (Å²) in [5.74, 6) is 1.80. The standard InChI is InChI=1S/C46H33NO/c1-45(2)38-20-12-21-41(44(38)34-25-23-30(27-39(34)45)29-13-4-3-5-14-29)47-31-24-26-43-40(28-31)46(37-19-10-11-22-42(37)48-43)35-17-8-6-15-32(35)33-16-7-9-18-36(33)46/h3-28,47H,1-2H3.